The van der Waals surface area contributed by atoms with Crippen molar-refractivity contribution >= 4 is 21.4 Å². The summed E-state index contributed by atoms with van der Waals surface area (Å²) < 4.78 is 28.9. The van der Waals surface area contributed by atoms with Crippen molar-refractivity contribution < 1.29 is 8.42 Å². The number of fused-ring (bicyclic) bond motifs is 1. The zero-order valence-electron chi connectivity index (χ0n) is 12.0. The van der Waals surface area contributed by atoms with E-state index in [-0.39, 0.29) is 11.7 Å². The lowest BCUT2D eigenvalue weighted by Crippen LogP contribution is -2.20. The SMILES string of the molecule is CC(CS(=O)(=O)Nc1ccc2nncn2c1)c1ccccc1. The average molecular weight is 316 g/mol. The largest absolute Gasteiger partial charge is 0.287 e. The summed E-state index contributed by atoms with van der Waals surface area (Å²) in [5.41, 5.74) is 2.16. The molecule has 114 valence electrons. The summed E-state index contributed by atoms with van der Waals surface area (Å²) in [7, 11) is -3.44. The van der Waals surface area contributed by atoms with Gasteiger partial charge in [0.25, 0.3) is 0 Å². The van der Waals surface area contributed by atoms with Crippen molar-refractivity contribution in [3.63, 3.8) is 0 Å². The van der Waals surface area contributed by atoms with Crippen LogP contribution in [0.1, 0.15) is 18.4 Å². The van der Waals surface area contributed by atoms with Crippen molar-refractivity contribution in [1.82, 2.24) is 14.6 Å². The molecule has 0 spiro atoms. The summed E-state index contributed by atoms with van der Waals surface area (Å²) >= 11 is 0. The van der Waals surface area contributed by atoms with Gasteiger partial charge in [-0.2, -0.15) is 0 Å². The van der Waals surface area contributed by atoms with E-state index in [9.17, 15) is 8.42 Å². The van der Waals surface area contributed by atoms with Crippen LogP contribution in [0.15, 0.2) is 55.0 Å². The Labute approximate surface area is 128 Å². The molecule has 2 heterocycles. The Bertz CT molecular complexity index is 875. The number of anilines is 1. The van der Waals surface area contributed by atoms with Gasteiger partial charge in [0.2, 0.25) is 10.0 Å². The van der Waals surface area contributed by atoms with Crippen LogP contribution in [0, 0.1) is 0 Å². The highest BCUT2D eigenvalue weighted by Gasteiger charge is 2.17. The number of hydrogen-bond acceptors (Lipinski definition) is 4. The van der Waals surface area contributed by atoms with E-state index in [1.165, 1.54) is 6.33 Å². The number of pyridine rings is 1. The maximum Gasteiger partial charge on any atom is 0.233 e. The summed E-state index contributed by atoms with van der Waals surface area (Å²) in [5, 5.41) is 7.64. The quantitative estimate of drug-likeness (QED) is 0.783. The molecule has 3 aromatic rings. The molecule has 0 bridgehead atoms. The van der Waals surface area contributed by atoms with Gasteiger partial charge in [0.05, 0.1) is 11.4 Å². The zero-order chi connectivity index (χ0) is 15.6. The molecule has 7 heteroatoms. The third-order valence-electron chi connectivity index (χ3n) is 3.40. The van der Waals surface area contributed by atoms with E-state index in [1.54, 1.807) is 22.7 Å². The fraction of sp³-hybridized carbons (Fsp3) is 0.200. The Morgan fingerprint density at radius 1 is 1.18 bits per heavy atom. The van der Waals surface area contributed by atoms with Crippen LogP contribution >= 0.6 is 0 Å². The Hall–Kier alpha value is -2.41. The summed E-state index contributed by atoms with van der Waals surface area (Å²) in [4.78, 5) is 0. The van der Waals surface area contributed by atoms with Gasteiger partial charge in [-0.05, 0) is 23.6 Å². The molecule has 2 aromatic heterocycles. The number of aromatic nitrogens is 3. The van der Waals surface area contributed by atoms with Crippen molar-refractivity contribution in [2.45, 2.75) is 12.8 Å². The predicted octanol–water partition coefficient (Wildman–Crippen LogP) is 2.27. The first-order valence-corrected chi connectivity index (χ1v) is 8.53. The van der Waals surface area contributed by atoms with Crippen LogP contribution in [0.25, 0.3) is 5.65 Å². The fourth-order valence-corrected chi connectivity index (χ4v) is 3.73. The van der Waals surface area contributed by atoms with Crippen LogP contribution in [-0.4, -0.2) is 28.8 Å². The minimum atomic E-state index is -3.44. The smallest absolute Gasteiger partial charge is 0.233 e. The minimum Gasteiger partial charge on any atom is -0.287 e. The molecule has 0 fully saturated rings. The topological polar surface area (TPSA) is 76.4 Å². The Kier molecular flexibility index (Phi) is 3.81. The molecular formula is C15H16N4O2S. The first-order valence-electron chi connectivity index (χ1n) is 6.88. The van der Waals surface area contributed by atoms with E-state index in [2.05, 4.69) is 14.9 Å². The van der Waals surface area contributed by atoms with Gasteiger partial charge >= 0.3 is 0 Å². The van der Waals surface area contributed by atoms with Gasteiger partial charge in [-0.1, -0.05) is 37.3 Å². The minimum absolute atomic E-state index is 0.0250. The molecule has 0 radical (unpaired) electrons. The number of rotatable bonds is 5. The third kappa shape index (κ3) is 3.25. The number of benzene rings is 1. The summed E-state index contributed by atoms with van der Waals surface area (Å²) in [5.74, 6) is -0.0608. The first kappa shape index (κ1) is 14.5. The standard InChI is InChI=1S/C15H16N4O2S/c1-12(13-5-3-2-4-6-13)10-22(20,21)18-14-7-8-15-17-16-11-19(15)9-14/h2-9,11-12,18H,10H2,1H3. The average Bonchev–Trinajstić information content (AvgIpc) is 2.94. The maximum atomic E-state index is 12.3. The third-order valence-corrected chi connectivity index (χ3v) is 4.89. The maximum absolute atomic E-state index is 12.3. The van der Waals surface area contributed by atoms with Crippen molar-refractivity contribution in [2.24, 2.45) is 0 Å². The van der Waals surface area contributed by atoms with Gasteiger partial charge < -0.3 is 0 Å². The molecule has 0 amide bonds. The van der Waals surface area contributed by atoms with E-state index in [0.717, 1.165) is 5.56 Å². The van der Waals surface area contributed by atoms with Crippen molar-refractivity contribution in [2.75, 3.05) is 10.5 Å². The first-order chi connectivity index (χ1) is 10.5. The van der Waals surface area contributed by atoms with Gasteiger partial charge in [-0.15, -0.1) is 10.2 Å². The molecule has 0 saturated heterocycles. The molecule has 0 aliphatic rings. The number of nitrogens with one attached hydrogen (secondary N) is 1. The Morgan fingerprint density at radius 2 is 1.95 bits per heavy atom. The monoisotopic (exact) mass is 316 g/mol. The molecule has 0 aliphatic carbocycles. The molecule has 6 nitrogen and oxygen atoms in total. The van der Waals surface area contributed by atoms with Crippen LogP contribution in [0.4, 0.5) is 5.69 Å². The van der Waals surface area contributed by atoms with Gasteiger partial charge in [0, 0.05) is 6.20 Å². The van der Waals surface area contributed by atoms with Crippen LogP contribution in [0.5, 0.6) is 0 Å². The lowest BCUT2D eigenvalue weighted by atomic mass is 10.0. The molecule has 0 saturated carbocycles. The Balaban J connectivity index is 1.75. The normalized spacial score (nSPS) is 13.1. The lowest BCUT2D eigenvalue weighted by molar-refractivity contribution is 0.595. The molecule has 1 atom stereocenters. The van der Waals surface area contributed by atoms with E-state index in [0.29, 0.717) is 11.3 Å². The molecule has 22 heavy (non-hydrogen) atoms. The van der Waals surface area contributed by atoms with E-state index < -0.39 is 10.0 Å². The number of sulfonamides is 1. The molecule has 1 N–H and O–H groups in total. The van der Waals surface area contributed by atoms with E-state index in [1.807, 2.05) is 37.3 Å². The summed E-state index contributed by atoms with van der Waals surface area (Å²) in [6, 6.07) is 13.0. The molecule has 3 rings (SSSR count). The lowest BCUT2D eigenvalue weighted by Gasteiger charge is -2.14. The summed E-state index contributed by atoms with van der Waals surface area (Å²) in [6.45, 7) is 1.90. The van der Waals surface area contributed by atoms with Crippen molar-refractivity contribution in [3.05, 3.63) is 60.6 Å². The molecular weight excluding hydrogens is 300 g/mol. The second kappa shape index (κ2) is 5.76. The Morgan fingerprint density at radius 3 is 2.73 bits per heavy atom. The predicted molar refractivity (Wildman–Crippen MR) is 85.3 cm³/mol. The highest BCUT2D eigenvalue weighted by atomic mass is 32.2. The van der Waals surface area contributed by atoms with Crippen molar-refractivity contribution in [1.29, 1.82) is 0 Å². The van der Waals surface area contributed by atoms with Gasteiger partial charge in [0.1, 0.15) is 6.33 Å². The van der Waals surface area contributed by atoms with Gasteiger partial charge in [0.15, 0.2) is 5.65 Å². The second-order valence-corrected chi connectivity index (χ2v) is 6.98. The van der Waals surface area contributed by atoms with E-state index in [4.69, 9.17) is 0 Å². The molecule has 1 unspecified atom stereocenters. The highest BCUT2D eigenvalue weighted by molar-refractivity contribution is 7.92. The molecule has 0 aliphatic heterocycles. The van der Waals surface area contributed by atoms with Crippen LogP contribution in [0.2, 0.25) is 0 Å². The number of nitrogens with zero attached hydrogens (tertiary/aromatic N) is 3. The summed E-state index contributed by atoms with van der Waals surface area (Å²) in [6.07, 6.45) is 3.18. The molecule has 1 aromatic carbocycles. The van der Waals surface area contributed by atoms with Crippen LogP contribution in [0.3, 0.4) is 0 Å². The van der Waals surface area contributed by atoms with Crippen LogP contribution in [-0.2, 0) is 10.0 Å². The van der Waals surface area contributed by atoms with E-state index >= 15 is 0 Å². The van der Waals surface area contributed by atoms with Crippen LogP contribution < -0.4 is 4.72 Å². The van der Waals surface area contributed by atoms with Gasteiger partial charge in [-0.3, -0.25) is 9.12 Å². The fourth-order valence-electron chi connectivity index (χ4n) is 2.32. The van der Waals surface area contributed by atoms with Gasteiger partial charge in [-0.25, -0.2) is 8.42 Å². The number of hydrogen-bond donors (Lipinski definition) is 1. The zero-order valence-corrected chi connectivity index (χ0v) is 12.9. The van der Waals surface area contributed by atoms with Crippen molar-refractivity contribution in [3.8, 4) is 0 Å². The highest BCUT2D eigenvalue weighted by Crippen LogP contribution is 2.18. The second-order valence-electron chi connectivity index (χ2n) is 5.21.